The minimum Gasteiger partial charge on any atom is -0.493 e. The Hall–Kier alpha value is -2.94. The number of imide groups is 1. The fraction of sp³-hybridized carbons (Fsp3) is 0.185. The van der Waals surface area contributed by atoms with Gasteiger partial charge in [-0.3, -0.25) is 14.5 Å². The van der Waals surface area contributed by atoms with E-state index in [0.29, 0.717) is 43.8 Å². The molecule has 3 aromatic carbocycles. The highest BCUT2D eigenvalue weighted by atomic mass is 79.9. The molecule has 6 nitrogen and oxygen atoms in total. The first-order valence-corrected chi connectivity index (χ1v) is 13.0. The largest absolute Gasteiger partial charge is 0.493 e. The molecule has 3 aromatic rings. The quantitative estimate of drug-likeness (QED) is 0.248. The van der Waals surface area contributed by atoms with Crippen LogP contribution in [0.2, 0.25) is 5.02 Å². The summed E-state index contributed by atoms with van der Waals surface area (Å²) in [4.78, 5) is 26.9. The van der Waals surface area contributed by atoms with E-state index in [1.54, 1.807) is 31.4 Å². The number of halogens is 2. The SMILES string of the molecule is COc1cc(/C=C2\SC(=O)N(CCOc3cccc(C)c3)C2=O)cc(Br)c1OCc1ccc(Cl)cc1. The molecule has 36 heavy (non-hydrogen) atoms. The number of carbonyl (C=O) groups excluding carboxylic acids is 2. The smallest absolute Gasteiger partial charge is 0.293 e. The molecule has 0 aliphatic carbocycles. The van der Waals surface area contributed by atoms with Crippen LogP contribution in [0.4, 0.5) is 4.79 Å². The third kappa shape index (κ3) is 6.43. The van der Waals surface area contributed by atoms with Crippen molar-refractivity contribution in [2.24, 2.45) is 0 Å². The van der Waals surface area contributed by atoms with Gasteiger partial charge < -0.3 is 14.2 Å². The van der Waals surface area contributed by atoms with Gasteiger partial charge in [0.05, 0.1) is 23.0 Å². The van der Waals surface area contributed by atoms with Gasteiger partial charge in [0.2, 0.25) is 0 Å². The molecule has 186 valence electrons. The summed E-state index contributed by atoms with van der Waals surface area (Å²) in [7, 11) is 1.54. The van der Waals surface area contributed by atoms with E-state index in [9.17, 15) is 9.59 Å². The Morgan fingerprint density at radius 3 is 2.56 bits per heavy atom. The van der Waals surface area contributed by atoms with E-state index in [-0.39, 0.29) is 24.3 Å². The van der Waals surface area contributed by atoms with Crippen molar-refractivity contribution in [2.75, 3.05) is 20.3 Å². The number of rotatable bonds is 9. The van der Waals surface area contributed by atoms with Crippen LogP contribution in [0.25, 0.3) is 6.08 Å². The predicted octanol–water partition coefficient (Wildman–Crippen LogP) is 7.11. The molecule has 4 rings (SSSR count). The molecule has 9 heteroatoms. The third-order valence-electron chi connectivity index (χ3n) is 5.29. The number of ether oxygens (including phenoxy) is 3. The monoisotopic (exact) mass is 587 g/mol. The maximum Gasteiger partial charge on any atom is 0.293 e. The van der Waals surface area contributed by atoms with Crippen molar-refractivity contribution in [3.05, 3.63) is 91.8 Å². The van der Waals surface area contributed by atoms with E-state index in [0.717, 1.165) is 22.9 Å². The van der Waals surface area contributed by atoms with Crippen LogP contribution >= 0.6 is 39.3 Å². The van der Waals surface area contributed by atoms with Gasteiger partial charge in [0, 0.05) is 5.02 Å². The summed E-state index contributed by atoms with van der Waals surface area (Å²) < 4.78 is 17.9. The average Bonchev–Trinajstić information content (AvgIpc) is 3.11. The van der Waals surface area contributed by atoms with Gasteiger partial charge in [0.1, 0.15) is 19.0 Å². The van der Waals surface area contributed by atoms with Gasteiger partial charge in [-0.25, -0.2) is 0 Å². The lowest BCUT2D eigenvalue weighted by molar-refractivity contribution is -0.123. The minimum absolute atomic E-state index is 0.167. The van der Waals surface area contributed by atoms with E-state index < -0.39 is 0 Å². The molecule has 0 aromatic heterocycles. The lowest BCUT2D eigenvalue weighted by Gasteiger charge is -2.14. The summed E-state index contributed by atoms with van der Waals surface area (Å²) in [6, 6.07) is 18.6. The van der Waals surface area contributed by atoms with Crippen molar-refractivity contribution < 1.29 is 23.8 Å². The maximum absolute atomic E-state index is 12.9. The fourth-order valence-electron chi connectivity index (χ4n) is 3.50. The molecule has 1 aliphatic heterocycles. The number of methoxy groups -OCH3 is 1. The standard InChI is InChI=1S/C27H23BrClNO5S/c1-17-4-3-5-21(12-17)34-11-10-30-26(31)24(36-27(30)32)15-19-13-22(28)25(23(14-19)33-2)35-16-18-6-8-20(29)9-7-18/h3-9,12-15H,10-11,16H2,1-2H3/b24-15-. The normalized spacial score (nSPS) is 14.4. The highest BCUT2D eigenvalue weighted by Gasteiger charge is 2.35. The molecule has 1 aliphatic rings. The Balaban J connectivity index is 1.43. The minimum atomic E-state index is -0.351. The first-order valence-electron chi connectivity index (χ1n) is 11.0. The van der Waals surface area contributed by atoms with Crippen molar-refractivity contribution >= 4 is 56.5 Å². The molecule has 0 saturated carbocycles. The summed E-state index contributed by atoms with van der Waals surface area (Å²) in [5.74, 6) is 1.38. The third-order valence-corrected chi connectivity index (χ3v) is 7.04. The van der Waals surface area contributed by atoms with Gasteiger partial charge >= 0.3 is 0 Å². The van der Waals surface area contributed by atoms with Gasteiger partial charge in [-0.2, -0.15) is 0 Å². The predicted molar refractivity (Wildman–Crippen MR) is 146 cm³/mol. The average molecular weight is 589 g/mol. The number of hydrogen-bond donors (Lipinski definition) is 0. The molecule has 0 N–H and O–H groups in total. The summed E-state index contributed by atoms with van der Waals surface area (Å²) in [6.07, 6.45) is 1.67. The van der Waals surface area contributed by atoms with Gasteiger partial charge in [-0.05, 0) is 93.8 Å². The summed E-state index contributed by atoms with van der Waals surface area (Å²) in [6.45, 7) is 2.68. The Bertz CT molecular complexity index is 1310. The Kier molecular flexibility index (Phi) is 8.61. The van der Waals surface area contributed by atoms with Crippen molar-refractivity contribution in [3.63, 3.8) is 0 Å². The fourth-order valence-corrected chi connectivity index (χ4v) is 5.07. The summed E-state index contributed by atoms with van der Waals surface area (Å²) >= 11 is 10.4. The molecule has 2 amide bonds. The maximum atomic E-state index is 12.9. The lowest BCUT2D eigenvalue weighted by Crippen LogP contribution is -2.32. The van der Waals surface area contributed by atoms with E-state index in [1.165, 1.54) is 4.90 Å². The van der Waals surface area contributed by atoms with Crippen LogP contribution in [0.1, 0.15) is 16.7 Å². The number of hydrogen-bond acceptors (Lipinski definition) is 6. The van der Waals surface area contributed by atoms with Crippen molar-refractivity contribution in [2.45, 2.75) is 13.5 Å². The zero-order valence-corrected chi connectivity index (χ0v) is 22.8. The van der Waals surface area contributed by atoms with Crippen LogP contribution < -0.4 is 14.2 Å². The van der Waals surface area contributed by atoms with Crippen molar-refractivity contribution in [1.29, 1.82) is 0 Å². The molecular formula is C27H23BrClNO5S. The van der Waals surface area contributed by atoms with Gasteiger partial charge in [-0.15, -0.1) is 0 Å². The van der Waals surface area contributed by atoms with Gasteiger partial charge in [0.25, 0.3) is 11.1 Å². The number of thioether (sulfide) groups is 1. The molecular weight excluding hydrogens is 566 g/mol. The highest BCUT2D eigenvalue weighted by Crippen LogP contribution is 2.39. The number of amides is 2. The number of carbonyl (C=O) groups is 2. The lowest BCUT2D eigenvalue weighted by atomic mass is 10.1. The molecule has 1 saturated heterocycles. The first-order chi connectivity index (χ1) is 17.3. The molecule has 0 atom stereocenters. The van der Waals surface area contributed by atoms with Crippen LogP contribution in [0.15, 0.2) is 70.0 Å². The van der Waals surface area contributed by atoms with E-state index in [4.69, 9.17) is 25.8 Å². The van der Waals surface area contributed by atoms with Gasteiger partial charge in [-0.1, -0.05) is 35.9 Å². The topological polar surface area (TPSA) is 65.1 Å². The number of aryl methyl sites for hydroxylation is 1. The number of benzene rings is 3. The van der Waals surface area contributed by atoms with Crippen LogP contribution in [-0.2, 0) is 11.4 Å². The highest BCUT2D eigenvalue weighted by molar-refractivity contribution is 9.10. The zero-order valence-electron chi connectivity index (χ0n) is 19.6. The second-order valence-electron chi connectivity index (χ2n) is 7.95. The molecule has 0 spiro atoms. The van der Waals surface area contributed by atoms with Crippen LogP contribution in [0.3, 0.4) is 0 Å². The molecule has 0 unspecified atom stereocenters. The van der Waals surface area contributed by atoms with Crippen molar-refractivity contribution in [3.8, 4) is 17.2 Å². The Labute approximate surface area is 227 Å². The molecule has 1 fully saturated rings. The second kappa shape index (κ2) is 11.9. The Morgan fingerprint density at radius 1 is 1.06 bits per heavy atom. The van der Waals surface area contributed by atoms with E-state index >= 15 is 0 Å². The summed E-state index contributed by atoms with van der Waals surface area (Å²) in [5.41, 5.74) is 2.72. The van der Waals surface area contributed by atoms with Crippen LogP contribution in [0, 0.1) is 6.92 Å². The molecule has 1 heterocycles. The Morgan fingerprint density at radius 2 is 1.83 bits per heavy atom. The van der Waals surface area contributed by atoms with Crippen LogP contribution in [0.5, 0.6) is 17.2 Å². The zero-order chi connectivity index (χ0) is 25.7. The number of nitrogens with zero attached hydrogens (tertiary/aromatic N) is 1. The second-order valence-corrected chi connectivity index (χ2v) is 10.2. The first kappa shape index (κ1) is 26.1. The van der Waals surface area contributed by atoms with E-state index in [1.807, 2.05) is 49.4 Å². The molecule has 0 radical (unpaired) electrons. The molecule has 0 bridgehead atoms. The van der Waals surface area contributed by atoms with E-state index in [2.05, 4.69) is 15.9 Å². The van der Waals surface area contributed by atoms with Crippen LogP contribution in [-0.4, -0.2) is 36.3 Å². The van der Waals surface area contributed by atoms with Crippen molar-refractivity contribution in [1.82, 2.24) is 4.90 Å². The summed E-state index contributed by atoms with van der Waals surface area (Å²) in [5, 5.41) is 0.332. The van der Waals surface area contributed by atoms with Gasteiger partial charge in [0.15, 0.2) is 11.5 Å².